The van der Waals surface area contributed by atoms with Crippen LogP contribution in [0.3, 0.4) is 0 Å². The van der Waals surface area contributed by atoms with Crippen LogP contribution in [0.15, 0.2) is 48.5 Å². The van der Waals surface area contributed by atoms with Gasteiger partial charge in [-0.15, -0.1) is 0 Å². The molecular formula is C20H15N. The number of benzene rings is 4. The molecule has 0 saturated carbocycles. The number of H-pyrrole nitrogens is 1. The summed E-state index contributed by atoms with van der Waals surface area (Å²) in [5, 5.41) is 9.44. The number of hydrogen-bond acceptors (Lipinski definition) is 0. The first kappa shape index (κ1) is 11.2. The molecule has 0 aliphatic heterocycles. The summed E-state index contributed by atoms with van der Waals surface area (Å²) < 4.78 is 0. The molecule has 1 aromatic heterocycles. The van der Waals surface area contributed by atoms with Crippen molar-refractivity contribution in [2.24, 2.45) is 0 Å². The Morgan fingerprint density at radius 1 is 0.714 bits per heavy atom. The quantitative estimate of drug-likeness (QED) is 0.348. The van der Waals surface area contributed by atoms with E-state index in [1.165, 1.54) is 54.5 Å². The average molecular weight is 269 g/mol. The molecule has 0 radical (unpaired) electrons. The molecule has 0 atom stereocenters. The highest BCUT2D eigenvalue weighted by Crippen LogP contribution is 2.39. The summed E-state index contributed by atoms with van der Waals surface area (Å²) in [5.41, 5.74) is 3.89. The zero-order valence-electron chi connectivity index (χ0n) is 12.1. The van der Waals surface area contributed by atoms with E-state index < -0.39 is 0 Å². The first-order valence-corrected chi connectivity index (χ1v) is 7.39. The van der Waals surface area contributed by atoms with Gasteiger partial charge in [-0.05, 0) is 52.4 Å². The zero-order valence-corrected chi connectivity index (χ0v) is 12.1. The van der Waals surface area contributed by atoms with Crippen molar-refractivity contribution in [2.75, 3.05) is 0 Å². The van der Waals surface area contributed by atoms with Crippen molar-refractivity contribution in [1.29, 1.82) is 0 Å². The molecule has 0 unspecified atom stereocenters. The van der Waals surface area contributed by atoms with E-state index in [1.54, 1.807) is 0 Å². The topological polar surface area (TPSA) is 15.8 Å². The lowest BCUT2D eigenvalue weighted by atomic mass is 9.92. The Balaban J connectivity index is 2.21. The van der Waals surface area contributed by atoms with Gasteiger partial charge in [0, 0.05) is 16.5 Å². The molecule has 5 aromatic rings. The summed E-state index contributed by atoms with van der Waals surface area (Å²) >= 11 is 0. The average Bonchev–Trinajstić information content (AvgIpc) is 2.80. The molecule has 1 nitrogen and oxygen atoms in total. The Kier molecular flexibility index (Phi) is 1.89. The molecule has 100 valence electrons. The Morgan fingerprint density at radius 3 is 2.24 bits per heavy atom. The van der Waals surface area contributed by atoms with Gasteiger partial charge in [0.25, 0.3) is 0 Å². The van der Waals surface area contributed by atoms with Gasteiger partial charge >= 0.3 is 0 Å². The van der Waals surface area contributed by atoms with E-state index in [2.05, 4.69) is 67.4 Å². The smallest absolute Gasteiger partial charge is 0.0539 e. The van der Waals surface area contributed by atoms with Crippen molar-refractivity contribution in [3.05, 3.63) is 59.8 Å². The fourth-order valence-corrected chi connectivity index (χ4v) is 3.72. The van der Waals surface area contributed by atoms with Crippen molar-refractivity contribution in [3.63, 3.8) is 0 Å². The Morgan fingerprint density at radius 2 is 1.43 bits per heavy atom. The molecular weight excluding hydrogens is 254 g/mol. The second-order valence-corrected chi connectivity index (χ2v) is 6.03. The summed E-state index contributed by atoms with van der Waals surface area (Å²) in [6, 6.07) is 17.9. The van der Waals surface area contributed by atoms with Crippen molar-refractivity contribution in [3.8, 4) is 0 Å². The third-order valence-corrected chi connectivity index (χ3v) is 4.93. The summed E-state index contributed by atoms with van der Waals surface area (Å²) in [6.45, 7) is 4.36. The van der Waals surface area contributed by atoms with Gasteiger partial charge in [-0.2, -0.15) is 0 Å². The summed E-state index contributed by atoms with van der Waals surface area (Å²) in [5.74, 6) is 0. The lowest BCUT2D eigenvalue weighted by molar-refractivity contribution is 1.26. The Labute approximate surface area is 122 Å². The zero-order chi connectivity index (χ0) is 14.1. The largest absolute Gasteiger partial charge is 0.358 e. The summed E-state index contributed by atoms with van der Waals surface area (Å²) in [6.07, 6.45) is 0. The van der Waals surface area contributed by atoms with Gasteiger partial charge in [0.1, 0.15) is 0 Å². The molecule has 0 bridgehead atoms. The molecule has 4 aromatic carbocycles. The Hall–Kier alpha value is -2.54. The van der Waals surface area contributed by atoms with Crippen LogP contribution in [0.5, 0.6) is 0 Å². The number of aromatic amines is 1. The molecule has 21 heavy (non-hydrogen) atoms. The lowest BCUT2D eigenvalue weighted by Gasteiger charge is -2.11. The predicted molar refractivity (Wildman–Crippen MR) is 91.5 cm³/mol. The number of aryl methyl sites for hydroxylation is 2. The van der Waals surface area contributed by atoms with E-state index in [0.717, 1.165) is 0 Å². The van der Waals surface area contributed by atoms with Crippen LogP contribution in [0.2, 0.25) is 0 Å². The van der Waals surface area contributed by atoms with Crippen molar-refractivity contribution >= 4 is 43.2 Å². The van der Waals surface area contributed by atoms with Gasteiger partial charge in [0.15, 0.2) is 0 Å². The first-order valence-electron chi connectivity index (χ1n) is 7.39. The number of hydrogen-bond donors (Lipinski definition) is 1. The normalized spacial score (nSPS) is 12.3. The van der Waals surface area contributed by atoms with Crippen molar-refractivity contribution in [2.45, 2.75) is 13.8 Å². The van der Waals surface area contributed by atoms with Crippen LogP contribution >= 0.6 is 0 Å². The van der Waals surface area contributed by atoms with Crippen LogP contribution < -0.4 is 0 Å². The van der Waals surface area contributed by atoms with E-state index in [4.69, 9.17) is 0 Å². The molecule has 0 aliphatic carbocycles. The predicted octanol–water partition coefficient (Wildman–Crippen LogP) is 5.68. The highest BCUT2D eigenvalue weighted by atomic mass is 14.7. The van der Waals surface area contributed by atoms with Crippen LogP contribution in [0.4, 0.5) is 0 Å². The SMILES string of the molecule is Cc1[nH]c2c(cc3ccc4cccc5ccc2c3c45)c1C. The number of fused-ring (bicyclic) bond motifs is 2. The van der Waals surface area contributed by atoms with Crippen LogP contribution in [-0.4, -0.2) is 4.98 Å². The van der Waals surface area contributed by atoms with Gasteiger partial charge in [0.2, 0.25) is 0 Å². The molecule has 0 saturated heterocycles. The van der Waals surface area contributed by atoms with Crippen LogP contribution in [0, 0.1) is 13.8 Å². The van der Waals surface area contributed by atoms with Gasteiger partial charge in [-0.25, -0.2) is 0 Å². The van der Waals surface area contributed by atoms with Gasteiger partial charge in [-0.1, -0.05) is 42.5 Å². The second-order valence-electron chi connectivity index (χ2n) is 6.03. The van der Waals surface area contributed by atoms with Gasteiger partial charge in [0.05, 0.1) is 5.52 Å². The highest BCUT2D eigenvalue weighted by molar-refractivity contribution is 6.28. The van der Waals surface area contributed by atoms with Crippen LogP contribution in [0.1, 0.15) is 11.3 Å². The minimum absolute atomic E-state index is 1.26. The molecule has 0 aliphatic rings. The van der Waals surface area contributed by atoms with E-state index in [9.17, 15) is 0 Å². The fourth-order valence-electron chi connectivity index (χ4n) is 3.72. The fraction of sp³-hybridized carbons (Fsp3) is 0.100. The minimum Gasteiger partial charge on any atom is -0.358 e. The van der Waals surface area contributed by atoms with E-state index in [0.29, 0.717) is 0 Å². The van der Waals surface area contributed by atoms with Gasteiger partial charge < -0.3 is 4.98 Å². The van der Waals surface area contributed by atoms with Crippen LogP contribution in [0.25, 0.3) is 43.2 Å². The van der Waals surface area contributed by atoms with E-state index in [1.807, 2.05) is 0 Å². The monoisotopic (exact) mass is 269 g/mol. The molecule has 1 heteroatoms. The number of nitrogens with one attached hydrogen (secondary N) is 1. The molecule has 0 amide bonds. The maximum absolute atomic E-state index is 3.58. The lowest BCUT2D eigenvalue weighted by Crippen LogP contribution is -1.84. The maximum Gasteiger partial charge on any atom is 0.0539 e. The second kappa shape index (κ2) is 3.56. The maximum atomic E-state index is 3.58. The standard InChI is InChI=1S/C20H15N/c1-11-12(2)21-20-16-9-8-14-5-3-4-13-6-7-15(10-17(11)20)19(16)18(13)14/h3-10,21H,1-2H3. The Bertz CT molecular complexity index is 1130. The third-order valence-electron chi connectivity index (χ3n) is 4.93. The molecule has 5 rings (SSSR count). The molecule has 1 heterocycles. The third kappa shape index (κ3) is 1.26. The first-order chi connectivity index (χ1) is 10.2. The van der Waals surface area contributed by atoms with Crippen molar-refractivity contribution < 1.29 is 0 Å². The van der Waals surface area contributed by atoms with Gasteiger partial charge in [-0.3, -0.25) is 0 Å². The van der Waals surface area contributed by atoms with E-state index >= 15 is 0 Å². The summed E-state index contributed by atoms with van der Waals surface area (Å²) in [4.78, 5) is 3.58. The molecule has 1 N–H and O–H groups in total. The number of rotatable bonds is 0. The van der Waals surface area contributed by atoms with Crippen molar-refractivity contribution in [1.82, 2.24) is 4.98 Å². The number of aromatic nitrogens is 1. The van der Waals surface area contributed by atoms with Crippen LogP contribution in [-0.2, 0) is 0 Å². The molecule has 0 fully saturated rings. The molecule has 0 spiro atoms. The summed E-state index contributed by atoms with van der Waals surface area (Å²) in [7, 11) is 0. The van der Waals surface area contributed by atoms with E-state index in [-0.39, 0.29) is 0 Å². The highest BCUT2D eigenvalue weighted by Gasteiger charge is 2.13. The minimum atomic E-state index is 1.26.